The summed E-state index contributed by atoms with van der Waals surface area (Å²) in [5.74, 6) is 0.0943. The van der Waals surface area contributed by atoms with Gasteiger partial charge >= 0.3 is 5.97 Å². The van der Waals surface area contributed by atoms with Gasteiger partial charge < -0.3 is 9.47 Å². The summed E-state index contributed by atoms with van der Waals surface area (Å²) in [6.45, 7) is 3.74. The van der Waals surface area contributed by atoms with Crippen molar-refractivity contribution in [2.75, 3.05) is 13.7 Å². The summed E-state index contributed by atoms with van der Waals surface area (Å²) in [4.78, 5) is 32.5. The van der Waals surface area contributed by atoms with Crippen LogP contribution in [-0.2, 0) is 9.53 Å². The van der Waals surface area contributed by atoms with E-state index in [4.69, 9.17) is 9.47 Å². The van der Waals surface area contributed by atoms with Crippen LogP contribution in [0.5, 0.6) is 5.75 Å². The molecule has 0 fully saturated rings. The monoisotopic (exact) mass is 518 g/mol. The maximum Gasteiger partial charge on any atom is 0.338 e. The highest BCUT2D eigenvalue weighted by atomic mass is 79.9. The number of thiazole rings is 1. The predicted molar refractivity (Wildman–Crippen MR) is 125 cm³/mol. The lowest BCUT2D eigenvalue weighted by atomic mass is 9.95. The van der Waals surface area contributed by atoms with Crippen molar-refractivity contribution in [2.24, 2.45) is 4.99 Å². The van der Waals surface area contributed by atoms with Crippen LogP contribution >= 0.6 is 38.6 Å². The summed E-state index contributed by atoms with van der Waals surface area (Å²) in [6, 6.07) is 10.6. The first-order chi connectivity index (χ1) is 14.9. The summed E-state index contributed by atoms with van der Waals surface area (Å²) in [6.07, 6.45) is 1.85. The van der Waals surface area contributed by atoms with E-state index in [-0.39, 0.29) is 12.2 Å². The third-order valence-electron chi connectivity index (χ3n) is 4.82. The number of halogens is 1. The van der Waals surface area contributed by atoms with E-state index >= 15 is 0 Å². The number of benzene rings is 1. The first kappa shape index (κ1) is 21.7. The van der Waals surface area contributed by atoms with Crippen molar-refractivity contribution in [2.45, 2.75) is 19.9 Å². The van der Waals surface area contributed by atoms with Gasteiger partial charge in [-0.25, -0.2) is 9.79 Å². The number of carbonyl (C=O) groups is 1. The molecule has 0 spiro atoms. The maximum atomic E-state index is 13.5. The molecule has 0 N–H and O–H groups in total. The van der Waals surface area contributed by atoms with Crippen molar-refractivity contribution in [3.8, 4) is 5.75 Å². The number of hydrogen-bond acceptors (Lipinski definition) is 7. The van der Waals surface area contributed by atoms with Crippen molar-refractivity contribution in [1.82, 2.24) is 4.57 Å². The molecular weight excluding hydrogens is 500 g/mol. The molecule has 0 saturated heterocycles. The van der Waals surface area contributed by atoms with Crippen LogP contribution in [0.1, 0.15) is 30.3 Å². The van der Waals surface area contributed by atoms with Crippen LogP contribution in [-0.4, -0.2) is 24.3 Å². The second-order valence-electron chi connectivity index (χ2n) is 6.69. The van der Waals surface area contributed by atoms with E-state index in [1.54, 1.807) is 25.5 Å². The van der Waals surface area contributed by atoms with Crippen LogP contribution in [0.25, 0.3) is 6.08 Å². The molecule has 0 amide bonds. The number of fused-ring (bicyclic) bond motifs is 1. The van der Waals surface area contributed by atoms with Crippen molar-refractivity contribution < 1.29 is 14.3 Å². The number of hydrogen-bond donors (Lipinski definition) is 0. The fraction of sp³-hybridized carbons (Fsp3) is 0.227. The van der Waals surface area contributed by atoms with Gasteiger partial charge in [-0.05, 0) is 54.1 Å². The molecule has 1 aromatic carbocycles. The van der Waals surface area contributed by atoms with Gasteiger partial charge in [0.2, 0.25) is 0 Å². The molecule has 2 aromatic heterocycles. The largest absolute Gasteiger partial charge is 0.496 e. The number of ether oxygens (including phenoxy) is 2. The van der Waals surface area contributed by atoms with Gasteiger partial charge in [0.1, 0.15) is 11.8 Å². The minimum Gasteiger partial charge on any atom is -0.496 e. The molecule has 1 aliphatic heterocycles. The van der Waals surface area contributed by atoms with Gasteiger partial charge in [-0.1, -0.05) is 29.5 Å². The maximum absolute atomic E-state index is 13.5. The normalized spacial score (nSPS) is 16.1. The number of thiophene rings is 1. The molecule has 0 radical (unpaired) electrons. The molecular formula is C22H19BrN2O4S2. The van der Waals surface area contributed by atoms with Crippen LogP contribution in [0.4, 0.5) is 0 Å². The Bertz CT molecular complexity index is 1370. The Kier molecular flexibility index (Phi) is 6.27. The quantitative estimate of drug-likeness (QED) is 0.483. The Morgan fingerprint density at radius 3 is 2.71 bits per heavy atom. The Morgan fingerprint density at radius 1 is 1.26 bits per heavy atom. The highest BCUT2D eigenvalue weighted by Gasteiger charge is 2.34. The summed E-state index contributed by atoms with van der Waals surface area (Å²) in [7, 11) is 1.57. The Labute approximate surface area is 194 Å². The van der Waals surface area contributed by atoms with E-state index in [1.165, 1.54) is 22.7 Å². The van der Waals surface area contributed by atoms with Gasteiger partial charge in [-0.2, -0.15) is 0 Å². The Morgan fingerprint density at radius 2 is 2.03 bits per heavy atom. The number of carbonyl (C=O) groups excluding carboxylic acids is 1. The van der Waals surface area contributed by atoms with Crippen LogP contribution in [0.3, 0.4) is 0 Å². The predicted octanol–water partition coefficient (Wildman–Crippen LogP) is 3.63. The highest BCUT2D eigenvalue weighted by molar-refractivity contribution is 9.11. The number of methoxy groups -OCH3 is 1. The average Bonchev–Trinajstić information content (AvgIpc) is 3.29. The topological polar surface area (TPSA) is 69.9 Å². The molecule has 4 rings (SSSR count). The number of nitrogens with zero attached hydrogens (tertiary/aromatic N) is 2. The van der Waals surface area contributed by atoms with E-state index in [9.17, 15) is 9.59 Å². The molecule has 31 heavy (non-hydrogen) atoms. The summed E-state index contributed by atoms with van der Waals surface area (Å²) < 4.78 is 14.0. The molecule has 3 aromatic rings. The van der Waals surface area contributed by atoms with Crippen molar-refractivity contribution >= 4 is 50.6 Å². The fourth-order valence-corrected chi connectivity index (χ4v) is 5.99. The summed E-state index contributed by atoms with van der Waals surface area (Å²) in [5.41, 5.74) is 1.36. The molecule has 6 nitrogen and oxygen atoms in total. The van der Waals surface area contributed by atoms with E-state index in [2.05, 4.69) is 20.9 Å². The lowest BCUT2D eigenvalue weighted by Crippen LogP contribution is -2.40. The second-order valence-corrected chi connectivity index (χ2v) is 10.2. The lowest BCUT2D eigenvalue weighted by Gasteiger charge is -2.25. The summed E-state index contributed by atoms with van der Waals surface area (Å²) >= 11 is 6.29. The van der Waals surface area contributed by atoms with Gasteiger partial charge in [-0.3, -0.25) is 9.36 Å². The molecule has 0 aliphatic carbocycles. The molecule has 1 atom stereocenters. The SMILES string of the molecule is CCOC(=O)C1=C(C)N=c2sc(=Cc3ccc(Br)s3)c(=O)n2[C@@H]1c1ccccc1OC. The van der Waals surface area contributed by atoms with Crippen LogP contribution in [0, 0.1) is 0 Å². The van der Waals surface area contributed by atoms with Gasteiger partial charge in [0.05, 0.1) is 33.3 Å². The standard InChI is InChI=1S/C22H19BrN2O4S2/c1-4-29-21(27)18-12(2)24-22-25(19(18)14-7-5-6-8-15(14)28-3)20(26)16(31-22)11-13-9-10-17(23)30-13/h5-11,19H,4H2,1-3H3/t19-/m1/s1. The van der Waals surface area contributed by atoms with Gasteiger partial charge in [0, 0.05) is 10.4 Å². The molecule has 0 unspecified atom stereocenters. The number of aromatic nitrogens is 1. The first-order valence-electron chi connectivity index (χ1n) is 9.52. The van der Waals surface area contributed by atoms with E-state index in [1.807, 2.05) is 42.5 Å². The molecule has 3 heterocycles. The number of para-hydroxylation sites is 1. The average molecular weight is 519 g/mol. The van der Waals surface area contributed by atoms with Gasteiger partial charge in [-0.15, -0.1) is 11.3 Å². The molecule has 160 valence electrons. The highest BCUT2D eigenvalue weighted by Crippen LogP contribution is 2.35. The number of allylic oxidation sites excluding steroid dienone is 1. The van der Waals surface area contributed by atoms with Crippen LogP contribution in [0.2, 0.25) is 0 Å². The van der Waals surface area contributed by atoms with Crippen molar-refractivity contribution in [3.05, 3.63) is 81.6 Å². The lowest BCUT2D eigenvalue weighted by molar-refractivity contribution is -0.139. The van der Waals surface area contributed by atoms with E-state index in [0.29, 0.717) is 31.9 Å². The fourth-order valence-electron chi connectivity index (χ4n) is 3.51. The van der Waals surface area contributed by atoms with Crippen molar-refractivity contribution in [3.63, 3.8) is 0 Å². The number of rotatable bonds is 5. The first-order valence-corrected chi connectivity index (χ1v) is 11.9. The zero-order valence-corrected chi connectivity index (χ0v) is 20.3. The van der Waals surface area contributed by atoms with Gasteiger partial charge in [0.15, 0.2) is 4.80 Å². The minimum absolute atomic E-state index is 0.210. The molecule has 1 aliphatic rings. The third kappa shape index (κ3) is 4.05. The smallest absolute Gasteiger partial charge is 0.338 e. The Hall–Kier alpha value is -2.49. The van der Waals surface area contributed by atoms with Gasteiger partial charge in [0.25, 0.3) is 5.56 Å². The number of esters is 1. The van der Waals surface area contributed by atoms with Crippen LogP contribution in [0.15, 0.2) is 61.2 Å². The van der Waals surface area contributed by atoms with Crippen LogP contribution < -0.4 is 19.6 Å². The van der Waals surface area contributed by atoms with E-state index in [0.717, 1.165) is 8.66 Å². The van der Waals surface area contributed by atoms with E-state index < -0.39 is 12.0 Å². The molecule has 0 saturated carbocycles. The zero-order valence-electron chi connectivity index (χ0n) is 17.0. The minimum atomic E-state index is -0.691. The third-order valence-corrected chi connectivity index (χ3v) is 7.37. The molecule has 0 bridgehead atoms. The zero-order chi connectivity index (χ0) is 22.1. The second kappa shape index (κ2) is 8.94. The summed E-state index contributed by atoms with van der Waals surface area (Å²) in [5, 5.41) is 0. The Balaban J connectivity index is 2.00. The van der Waals surface area contributed by atoms with Crippen molar-refractivity contribution in [1.29, 1.82) is 0 Å². The molecule has 9 heteroatoms.